The summed E-state index contributed by atoms with van der Waals surface area (Å²) in [6.07, 6.45) is 2.75. The highest BCUT2D eigenvalue weighted by atomic mass is 16.1. The lowest BCUT2D eigenvalue weighted by Gasteiger charge is -2.09. The van der Waals surface area contributed by atoms with Gasteiger partial charge in [-0.05, 0) is 42.2 Å². The van der Waals surface area contributed by atoms with E-state index in [1.807, 2.05) is 36.4 Å². The van der Waals surface area contributed by atoms with Crippen LogP contribution < -0.4 is 5.32 Å². The Morgan fingerprint density at radius 1 is 1.21 bits per heavy atom. The minimum Gasteiger partial charge on any atom is -0.307 e. The third-order valence-electron chi connectivity index (χ3n) is 3.26. The average Bonchev–Trinajstić information content (AvgIpc) is 2.47. The quantitative estimate of drug-likeness (QED) is 0.900. The van der Waals surface area contributed by atoms with Gasteiger partial charge in [0.25, 0.3) is 5.91 Å². The molecule has 1 aromatic heterocycles. The molecule has 19 heavy (non-hydrogen) atoms. The molecule has 2 rings (SSSR count). The third kappa shape index (κ3) is 3.41. The average molecular weight is 254 g/mol. The van der Waals surface area contributed by atoms with Crippen molar-refractivity contribution in [3.63, 3.8) is 0 Å². The van der Waals surface area contributed by atoms with E-state index in [0.717, 1.165) is 6.42 Å². The largest absolute Gasteiger partial charge is 0.307 e. The number of carbonyl (C=O) groups is 1. The van der Waals surface area contributed by atoms with E-state index in [4.69, 9.17) is 0 Å². The molecule has 3 heteroatoms. The van der Waals surface area contributed by atoms with E-state index < -0.39 is 0 Å². The van der Waals surface area contributed by atoms with E-state index in [0.29, 0.717) is 17.3 Å². The van der Waals surface area contributed by atoms with Gasteiger partial charge in [0.05, 0.1) is 0 Å². The van der Waals surface area contributed by atoms with Crippen molar-refractivity contribution in [2.75, 3.05) is 5.32 Å². The number of benzene rings is 1. The van der Waals surface area contributed by atoms with Crippen LogP contribution in [0.2, 0.25) is 0 Å². The van der Waals surface area contributed by atoms with Crippen LogP contribution in [0, 0.1) is 0 Å². The summed E-state index contributed by atoms with van der Waals surface area (Å²) < 4.78 is 0. The lowest BCUT2D eigenvalue weighted by Crippen LogP contribution is -2.12. The summed E-state index contributed by atoms with van der Waals surface area (Å²) in [5.74, 6) is 0.959. The van der Waals surface area contributed by atoms with Crippen molar-refractivity contribution in [2.45, 2.75) is 26.2 Å². The predicted molar refractivity (Wildman–Crippen MR) is 77.3 cm³/mol. The standard InChI is InChI=1S/C16H18N2O/c1-3-12(2)13-7-9-14(10-8-13)16(19)18-15-6-4-5-11-17-15/h4-12H,3H2,1-2H3,(H,17,18,19). The van der Waals surface area contributed by atoms with Gasteiger partial charge in [-0.1, -0.05) is 32.0 Å². The Bertz CT molecular complexity index is 534. The first-order chi connectivity index (χ1) is 9.20. The highest BCUT2D eigenvalue weighted by Crippen LogP contribution is 2.19. The Morgan fingerprint density at radius 2 is 1.95 bits per heavy atom. The Kier molecular flexibility index (Phi) is 4.29. The van der Waals surface area contributed by atoms with E-state index >= 15 is 0 Å². The summed E-state index contributed by atoms with van der Waals surface area (Å²) in [5, 5.41) is 2.77. The SMILES string of the molecule is CCC(C)c1ccc(C(=O)Nc2ccccn2)cc1. The fourth-order valence-corrected chi connectivity index (χ4v) is 1.82. The summed E-state index contributed by atoms with van der Waals surface area (Å²) in [6, 6.07) is 13.2. The Labute approximate surface area is 113 Å². The molecule has 1 amide bonds. The van der Waals surface area contributed by atoms with Gasteiger partial charge in [0.2, 0.25) is 0 Å². The normalized spacial score (nSPS) is 11.9. The lowest BCUT2D eigenvalue weighted by molar-refractivity contribution is 0.102. The number of rotatable bonds is 4. The number of hydrogen-bond donors (Lipinski definition) is 1. The summed E-state index contributed by atoms with van der Waals surface area (Å²) in [5.41, 5.74) is 1.91. The molecule has 1 unspecified atom stereocenters. The molecule has 1 aromatic carbocycles. The van der Waals surface area contributed by atoms with Crippen molar-refractivity contribution in [3.8, 4) is 0 Å². The van der Waals surface area contributed by atoms with Gasteiger partial charge in [0.15, 0.2) is 0 Å². The Hall–Kier alpha value is -2.16. The second kappa shape index (κ2) is 6.14. The zero-order valence-corrected chi connectivity index (χ0v) is 11.3. The summed E-state index contributed by atoms with van der Waals surface area (Å²) in [7, 11) is 0. The first-order valence-electron chi connectivity index (χ1n) is 6.53. The van der Waals surface area contributed by atoms with Crippen molar-refractivity contribution in [1.82, 2.24) is 4.98 Å². The fraction of sp³-hybridized carbons (Fsp3) is 0.250. The van der Waals surface area contributed by atoms with Crippen LogP contribution in [0.15, 0.2) is 48.7 Å². The van der Waals surface area contributed by atoms with Gasteiger partial charge in [0, 0.05) is 11.8 Å². The van der Waals surface area contributed by atoms with Gasteiger partial charge >= 0.3 is 0 Å². The molecule has 0 fully saturated rings. The summed E-state index contributed by atoms with van der Waals surface area (Å²) >= 11 is 0. The van der Waals surface area contributed by atoms with Gasteiger partial charge in [-0.25, -0.2) is 4.98 Å². The maximum Gasteiger partial charge on any atom is 0.256 e. The smallest absolute Gasteiger partial charge is 0.256 e. The number of amides is 1. The second-order valence-electron chi connectivity index (χ2n) is 4.60. The zero-order valence-electron chi connectivity index (χ0n) is 11.3. The number of hydrogen-bond acceptors (Lipinski definition) is 2. The van der Waals surface area contributed by atoms with Gasteiger partial charge in [-0.2, -0.15) is 0 Å². The van der Waals surface area contributed by atoms with Gasteiger partial charge in [-0.15, -0.1) is 0 Å². The van der Waals surface area contributed by atoms with Crippen LogP contribution in [0.4, 0.5) is 5.82 Å². The second-order valence-corrected chi connectivity index (χ2v) is 4.60. The molecular weight excluding hydrogens is 236 g/mol. The van der Waals surface area contributed by atoms with Crippen LogP contribution in [-0.2, 0) is 0 Å². The van der Waals surface area contributed by atoms with Crippen molar-refractivity contribution >= 4 is 11.7 Å². The number of carbonyl (C=O) groups excluding carboxylic acids is 1. The fourth-order valence-electron chi connectivity index (χ4n) is 1.82. The van der Waals surface area contributed by atoms with Crippen LogP contribution in [-0.4, -0.2) is 10.9 Å². The van der Waals surface area contributed by atoms with Gasteiger partial charge in [-0.3, -0.25) is 4.79 Å². The number of aromatic nitrogens is 1. The first-order valence-corrected chi connectivity index (χ1v) is 6.53. The van der Waals surface area contributed by atoms with E-state index in [1.54, 1.807) is 12.3 Å². The molecule has 2 aromatic rings. The molecule has 1 atom stereocenters. The van der Waals surface area contributed by atoms with Crippen LogP contribution in [0.1, 0.15) is 42.1 Å². The van der Waals surface area contributed by atoms with Crippen LogP contribution >= 0.6 is 0 Å². The number of pyridine rings is 1. The highest BCUT2D eigenvalue weighted by molar-refractivity contribution is 6.03. The predicted octanol–water partition coefficient (Wildman–Crippen LogP) is 3.85. The third-order valence-corrected chi connectivity index (χ3v) is 3.26. The molecule has 0 radical (unpaired) electrons. The molecule has 0 aliphatic carbocycles. The number of anilines is 1. The molecule has 0 aliphatic heterocycles. The maximum atomic E-state index is 12.0. The summed E-state index contributed by atoms with van der Waals surface area (Å²) in [6.45, 7) is 4.34. The van der Waals surface area contributed by atoms with Crippen molar-refractivity contribution in [2.24, 2.45) is 0 Å². The number of nitrogens with one attached hydrogen (secondary N) is 1. The number of nitrogens with zero attached hydrogens (tertiary/aromatic N) is 1. The Morgan fingerprint density at radius 3 is 2.53 bits per heavy atom. The maximum absolute atomic E-state index is 12.0. The molecule has 0 saturated carbocycles. The van der Waals surface area contributed by atoms with Crippen LogP contribution in [0.5, 0.6) is 0 Å². The molecule has 0 spiro atoms. The van der Waals surface area contributed by atoms with Crippen LogP contribution in [0.3, 0.4) is 0 Å². The topological polar surface area (TPSA) is 42.0 Å². The zero-order chi connectivity index (χ0) is 13.7. The minimum absolute atomic E-state index is 0.130. The highest BCUT2D eigenvalue weighted by Gasteiger charge is 2.08. The van der Waals surface area contributed by atoms with Gasteiger partial charge < -0.3 is 5.32 Å². The van der Waals surface area contributed by atoms with Crippen LogP contribution in [0.25, 0.3) is 0 Å². The van der Waals surface area contributed by atoms with Crippen molar-refractivity contribution in [3.05, 3.63) is 59.8 Å². The summed E-state index contributed by atoms with van der Waals surface area (Å²) in [4.78, 5) is 16.1. The van der Waals surface area contributed by atoms with E-state index in [9.17, 15) is 4.79 Å². The van der Waals surface area contributed by atoms with Gasteiger partial charge in [0.1, 0.15) is 5.82 Å². The molecule has 3 nitrogen and oxygen atoms in total. The molecule has 0 aliphatic rings. The van der Waals surface area contributed by atoms with E-state index in [2.05, 4.69) is 24.1 Å². The van der Waals surface area contributed by atoms with E-state index in [1.165, 1.54) is 5.56 Å². The van der Waals surface area contributed by atoms with E-state index in [-0.39, 0.29) is 5.91 Å². The Balaban J connectivity index is 2.08. The lowest BCUT2D eigenvalue weighted by atomic mass is 9.97. The van der Waals surface area contributed by atoms with Crippen molar-refractivity contribution < 1.29 is 4.79 Å². The molecule has 0 bridgehead atoms. The molecule has 1 N–H and O–H groups in total. The molecule has 0 saturated heterocycles. The monoisotopic (exact) mass is 254 g/mol. The molecule has 1 heterocycles. The first kappa shape index (κ1) is 13.3. The molecular formula is C16H18N2O. The van der Waals surface area contributed by atoms with Crippen molar-refractivity contribution in [1.29, 1.82) is 0 Å². The molecule has 98 valence electrons. The minimum atomic E-state index is -0.130.